The predicted octanol–water partition coefficient (Wildman–Crippen LogP) is 3.74. The van der Waals surface area contributed by atoms with Crippen molar-refractivity contribution in [3.05, 3.63) is 48.5 Å². The highest BCUT2D eigenvalue weighted by atomic mass is 16.7. The van der Waals surface area contributed by atoms with Crippen molar-refractivity contribution >= 4 is 25.2 Å². The zero-order chi connectivity index (χ0) is 24.8. The highest BCUT2D eigenvalue weighted by Gasteiger charge is 2.58. The summed E-state index contributed by atoms with van der Waals surface area (Å²) in [6.07, 6.45) is 1.50. The molecule has 0 N–H and O–H groups in total. The Morgan fingerprint density at radius 1 is 0.618 bits per heavy atom. The lowest BCUT2D eigenvalue weighted by Crippen LogP contribution is -2.50. The average Bonchev–Trinajstić information content (AvgIpc) is 3.20. The summed E-state index contributed by atoms with van der Waals surface area (Å²) in [6, 6.07) is 15.7. The fourth-order valence-electron chi connectivity index (χ4n) is 4.61. The molecule has 0 bridgehead atoms. The zero-order valence-electron chi connectivity index (χ0n) is 21.6. The monoisotopic (exact) mass is 466 g/mol. The maximum atomic E-state index is 6.57. The van der Waals surface area contributed by atoms with Crippen molar-refractivity contribution in [2.75, 3.05) is 14.2 Å². The topological polar surface area (TPSA) is 55.4 Å². The van der Waals surface area contributed by atoms with Crippen molar-refractivity contribution in [1.82, 2.24) is 0 Å². The number of ether oxygens (including phenoxy) is 2. The predicted molar refractivity (Wildman–Crippen MR) is 135 cm³/mol. The number of hydrogen-bond acceptors (Lipinski definition) is 6. The molecule has 6 nitrogen and oxygen atoms in total. The van der Waals surface area contributed by atoms with Crippen LogP contribution in [-0.2, 0) is 18.6 Å². The molecule has 2 aliphatic rings. The zero-order valence-corrected chi connectivity index (χ0v) is 21.6. The smallest absolute Gasteiger partial charge is 0.494 e. The maximum absolute atomic E-state index is 6.57. The van der Waals surface area contributed by atoms with Crippen LogP contribution in [0.5, 0.6) is 11.5 Å². The van der Waals surface area contributed by atoms with Gasteiger partial charge in [-0.1, -0.05) is 24.3 Å². The van der Waals surface area contributed by atoms with Gasteiger partial charge in [0.15, 0.2) is 0 Å². The van der Waals surface area contributed by atoms with E-state index >= 15 is 0 Å². The summed E-state index contributed by atoms with van der Waals surface area (Å²) in [6.45, 7) is 12.6. The van der Waals surface area contributed by atoms with Crippen molar-refractivity contribution in [3.63, 3.8) is 0 Å². The van der Waals surface area contributed by atoms with Crippen molar-refractivity contribution in [2.24, 2.45) is 0 Å². The van der Waals surface area contributed by atoms with Gasteiger partial charge in [0.05, 0.1) is 36.6 Å². The summed E-state index contributed by atoms with van der Waals surface area (Å²) in [5, 5.41) is 0. The van der Waals surface area contributed by atoms with Gasteiger partial charge in [-0.3, -0.25) is 0 Å². The molecule has 2 unspecified atom stereocenters. The number of hydrogen-bond donors (Lipinski definition) is 0. The molecule has 0 spiro atoms. The molecule has 2 saturated heterocycles. The van der Waals surface area contributed by atoms with Crippen molar-refractivity contribution in [1.29, 1.82) is 0 Å². The minimum absolute atomic E-state index is 0.433. The molecular formula is C26H36B2O6. The quantitative estimate of drug-likeness (QED) is 0.580. The average molecular weight is 466 g/mol. The van der Waals surface area contributed by atoms with E-state index in [0.717, 1.165) is 35.3 Å². The molecule has 8 heteroatoms. The third-order valence-corrected chi connectivity index (χ3v) is 7.92. The lowest BCUT2D eigenvalue weighted by Gasteiger charge is -2.42. The first-order valence-electron chi connectivity index (χ1n) is 11.9. The molecule has 0 aromatic heterocycles. The number of rotatable bonds is 7. The third kappa shape index (κ3) is 4.49. The summed E-state index contributed by atoms with van der Waals surface area (Å²) in [4.78, 5) is 0. The SMILES string of the molecule is COc1ccc(B2OC(C)(C)C(C)(CCC3(C)OB(c4cccc(OC)c4)OC3(C)C)O2)cc1. The van der Waals surface area contributed by atoms with Gasteiger partial charge in [-0.25, -0.2) is 0 Å². The van der Waals surface area contributed by atoms with E-state index in [9.17, 15) is 0 Å². The van der Waals surface area contributed by atoms with E-state index in [2.05, 4.69) is 41.5 Å². The van der Waals surface area contributed by atoms with E-state index < -0.39 is 36.6 Å². The molecule has 2 fully saturated rings. The first-order chi connectivity index (χ1) is 15.9. The maximum Gasteiger partial charge on any atom is 0.494 e. The molecular weight excluding hydrogens is 430 g/mol. The molecule has 182 valence electrons. The molecule has 0 amide bonds. The van der Waals surface area contributed by atoms with Crippen LogP contribution in [0.2, 0.25) is 0 Å². The van der Waals surface area contributed by atoms with Gasteiger partial charge in [-0.05, 0) is 89.6 Å². The van der Waals surface area contributed by atoms with Crippen LogP contribution in [0.15, 0.2) is 48.5 Å². The van der Waals surface area contributed by atoms with E-state index in [1.54, 1.807) is 14.2 Å². The van der Waals surface area contributed by atoms with Gasteiger partial charge in [0, 0.05) is 0 Å². The van der Waals surface area contributed by atoms with Gasteiger partial charge >= 0.3 is 14.2 Å². The van der Waals surface area contributed by atoms with Crippen LogP contribution >= 0.6 is 0 Å². The normalized spacial score (nSPS) is 27.8. The third-order valence-electron chi connectivity index (χ3n) is 7.92. The summed E-state index contributed by atoms with van der Waals surface area (Å²) in [7, 11) is 2.43. The minimum Gasteiger partial charge on any atom is -0.497 e. The fraction of sp³-hybridized carbons (Fsp3) is 0.538. The second kappa shape index (κ2) is 8.90. The van der Waals surface area contributed by atoms with Crippen LogP contribution < -0.4 is 20.4 Å². The molecule has 34 heavy (non-hydrogen) atoms. The van der Waals surface area contributed by atoms with Crippen molar-refractivity contribution in [2.45, 2.75) is 76.8 Å². The summed E-state index contributed by atoms with van der Waals surface area (Å²) < 4.78 is 36.6. The Morgan fingerprint density at radius 3 is 1.62 bits per heavy atom. The highest BCUT2D eigenvalue weighted by Crippen LogP contribution is 2.46. The fourth-order valence-corrected chi connectivity index (χ4v) is 4.61. The lowest BCUT2D eigenvalue weighted by atomic mass is 9.76. The number of benzene rings is 2. The van der Waals surface area contributed by atoms with Crippen LogP contribution in [0.1, 0.15) is 54.4 Å². The number of methoxy groups -OCH3 is 2. The first-order valence-corrected chi connectivity index (χ1v) is 11.9. The molecule has 0 saturated carbocycles. The molecule has 0 radical (unpaired) electrons. The Bertz CT molecular complexity index is 1010. The molecule has 2 aromatic carbocycles. The Kier molecular flexibility index (Phi) is 6.58. The second-order valence-electron chi connectivity index (χ2n) is 10.7. The summed E-state index contributed by atoms with van der Waals surface area (Å²) in [5.74, 6) is 1.59. The minimum atomic E-state index is -0.513. The second-order valence-corrected chi connectivity index (χ2v) is 10.7. The standard InChI is InChI=1S/C26H36B2O6/c1-23(2)25(5,33-27(31-23)19-12-14-21(29-7)15-13-19)16-17-26(6)24(3,4)32-28(34-26)20-10-9-11-22(18-20)30-8/h9-15,18H,16-17H2,1-8H3. The van der Waals surface area contributed by atoms with E-state index in [4.69, 9.17) is 28.1 Å². The Balaban J connectivity index is 1.49. The molecule has 2 atom stereocenters. The molecule has 2 heterocycles. The molecule has 0 aliphatic carbocycles. The van der Waals surface area contributed by atoms with Gasteiger partial charge in [0.2, 0.25) is 0 Å². The molecule has 4 rings (SSSR count). The first kappa shape index (κ1) is 25.1. The van der Waals surface area contributed by atoms with E-state index in [1.807, 2.05) is 48.5 Å². The molecule has 2 aliphatic heterocycles. The van der Waals surface area contributed by atoms with Crippen LogP contribution in [0, 0.1) is 0 Å². The Labute approximate surface area is 204 Å². The largest absolute Gasteiger partial charge is 0.497 e. The van der Waals surface area contributed by atoms with Crippen molar-refractivity contribution in [3.8, 4) is 11.5 Å². The molecule has 2 aromatic rings. The summed E-state index contributed by atoms with van der Waals surface area (Å²) >= 11 is 0. The van der Waals surface area contributed by atoms with Gasteiger partial charge < -0.3 is 28.1 Å². The Morgan fingerprint density at radius 2 is 1.12 bits per heavy atom. The van der Waals surface area contributed by atoms with Crippen LogP contribution in [0.3, 0.4) is 0 Å². The van der Waals surface area contributed by atoms with E-state index in [0.29, 0.717) is 0 Å². The summed E-state index contributed by atoms with van der Waals surface area (Å²) in [5.41, 5.74) is -0.0691. The van der Waals surface area contributed by atoms with Gasteiger partial charge in [-0.2, -0.15) is 0 Å². The highest BCUT2D eigenvalue weighted by molar-refractivity contribution is 6.62. The van der Waals surface area contributed by atoms with Crippen LogP contribution in [-0.4, -0.2) is 50.9 Å². The van der Waals surface area contributed by atoms with Gasteiger partial charge in [0.1, 0.15) is 11.5 Å². The van der Waals surface area contributed by atoms with E-state index in [1.165, 1.54) is 0 Å². The van der Waals surface area contributed by atoms with E-state index in [-0.39, 0.29) is 0 Å². The van der Waals surface area contributed by atoms with Gasteiger partial charge in [-0.15, -0.1) is 0 Å². The van der Waals surface area contributed by atoms with Crippen molar-refractivity contribution < 1.29 is 28.1 Å². The van der Waals surface area contributed by atoms with Crippen LogP contribution in [0.25, 0.3) is 0 Å². The lowest BCUT2D eigenvalue weighted by molar-refractivity contribution is -0.0576. The Hall–Kier alpha value is -1.99. The van der Waals surface area contributed by atoms with Gasteiger partial charge in [0.25, 0.3) is 0 Å². The van der Waals surface area contributed by atoms with Crippen LogP contribution in [0.4, 0.5) is 0 Å².